The first-order valence-corrected chi connectivity index (χ1v) is 13.3. The first-order valence-electron chi connectivity index (χ1n) is 10.9. The molecule has 0 amide bonds. The maximum atomic E-state index is 10.3. The van der Waals surface area contributed by atoms with Gasteiger partial charge < -0.3 is 24.8 Å². The summed E-state index contributed by atoms with van der Waals surface area (Å²) >= 11 is 11.2. The SMILES string of the molecule is CC(C)(c1ccc(OC[C@H](O)Cn2nnc([123I])c2CO)cc1)c1ccc(OC[C@H](O)CCl)c(Br)c1. The summed E-state index contributed by atoms with van der Waals surface area (Å²) in [4.78, 5) is 0. The second-order valence-corrected chi connectivity index (χ2v) is 10.7. The van der Waals surface area contributed by atoms with Crippen LogP contribution in [0.25, 0.3) is 0 Å². The van der Waals surface area contributed by atoms with Crippen LogP contribution in [0.5, 0.6) is 11.5 Å². The van der Waals surface area contributed by atoms with Crippen molar-refractivity contribution in [2.24, 2.45) is 0 Å². The largest absolute Gasteiger partial charge is 0.491 e. The Labute approximate surface area is 231 Å². The van der Waals surface area contributed by atoms with Crippen molar-refractivity contribution < 1.29 is 24.8 Å². The van der Waals surface area contributed by atoms with E-state index in [1.54, 1.807) is 0 Å². The highest BCUT2D eigenvalue weighted by molar-refractivity contribution is 14.1. The summed E-state index contributed by atoms with van der Waals surface area (Å²) < 4.78 is 14.3. The zero-order valence-electron chi connectivity index (χ0n) is 19.4. The topological polar surface area (TPSA) is 110 Å². The van der Waals surface area contributed by atoms with Crippen LogP contribution in [0.15, 0.2) is 46.9 Å². The van der Waals surface area contributed by atoms with Crippen LogP contribution in [-0.2, 0) is 18.6 Å². The molecule has 3 N–H and O–H groups in total. The van der Waals surface area contributed by atoms with Crippen molar-refractivity contribution in [3.8, 4) is 11.5 Å². The van der Waals surface area contributed by atoms with Crippen LogP contribution in [-0.4, -0.2) is 61.6 Å². The normalized spacial score (nSPS) is 13.5. The lowest BCUT2D eigenvalue weighted by Crippen LogP contribution is -2.25. The summed E-state index contributed by atoms with van der Waals surface area (Å²) in [6, 6.07) is 13.6. The van der Waals surface area contributed by atoms with E-state index in [9.17, 15) is 15.3 Å². The maximum Gasteiger partial charge on any atom is 0.149 e. The number of aliphatic hydroxyl groups excluding tert-OH is 3. The fraction of sp³-hybridized carbons (Fsp3) is 0.417. The second-order valence-electron chi connectivity index (χ2n) is 8.55. The van der Waals surface area contributed by atoms with Crippen molar-refractivity contribution in [2.45, 2.75) is 44.6 Å². The van der Waals surface area contributed by atoms with E-state index < -0.39 is 12.2 Å². The summed E-state index contributed by atoms with van der Waals surface area (Å²) in [6.45, 7) is 4.45. The van der Waals surface area contributed by atoms with Gasteiger partial charge in [0.2, 0.25) is 0 Å². The molecule has 0 unspecified atom stereocenters. The Morgan fingerprint density at radius 3 is 2.34 bits per heavy atom. The highest BCUT2D eigenvalue weighted by Crippen LogP contribution is 2.36. The predicted molar refractivity (Wildman–Crippen MR) is 145 cm³/mol. The molecule has 190 valence electrons. The van der Waals surface area contributed by atoms with E-state index in [4.69, 9.17) is 21.1 Å². The molecule has 35 heavy (non-hydrogen) atoms. The van der Waals surface area contributed by atoms with E-state index in [1.807, 2.05) is 65.1 Å². The van der Waals surface area contributed by atoms with Crippen molar-refractivity contribution >= 4 is 50.1 Å². The Balaban J connectivity index is 1.61. The molecule has 2 aromatic carbocycles. The molecule has 0 saturated heterocycles. The number of rotatable bonds is 12. The van der Waals surface area contributed by atoms with Gasteiger partial charge in [0.25, 0.3) is 0 Å². The first-order chi connectivity index (χ1) is 16.6. The molecule has 0 spiro atoms. The standard InChI is InChI=1S/C24H28BrClIN3O5/c1-24(2,16-5-8-22(20(25)9-16)35-13-17(32)10-26)15-3-6-19(7-4-15)34-14-18(33)11-30-21(12-31)23(27)28-29-30/h3-9,17-18,31-33H,10-14H2,1-2H3/t17-,18-/m1/s1/i27-4. The maximum absolute atomic E-state index is 10.3. The number of aliphatic hydroxyl groups is 3. The fourth-order valence-electron chi connectivity index (χ4n) is 3.42. The second kappa shape index (κ2) is 12.7. The summed E-state index contributed by atoms with van der Waals surface area (Å²) in [5.41, 5.74) is 2.45. The summed E-state index contributed by atoms with van der Waals surface area (Å²) in [7, 11) is 0. The van der Waals surface area contributed by atoms with Crippen LogP contribution in [0.1, 0.15) is 30.7 Å². The van der Waals surface area contributed by atoms with E-state index in [2.05, 4.69) is 40.1 Å². The minimum Gasteiger partial charge on any atom is -0.491 e. The predicted octanol–water partition coefficient (Wildman–Crippen LogP) is 3.88. The molecule has 2 atom stereocenters. The minimum absolute atomic E-state index is 0.0802. The minimum atomic E-state index is -0.808. The van der Waals surface area contributed by atoms with Crippen LogP contribution in [0.3, 0.4) is 0 Å². The zero-order valence-corrected chi connectivity index (χ0v) is 23.9. The van der Waals surface area contributed by atoms with Crippen molar-refractivity contribution in [2.75, 3.05) is 19.1 Å². The highest BCUT2D eigenvalue weighted by atomic mass is 123. The molecule has 0 aliphatic carbocycles. The summed E-state index contributed by atoms with van der Waals surface area (Å²) in [5, 5.41) is 37.2. The van der Waals surface area contributed by atoms with Gasteiger partial charge in [-0.15, -0.1) is 16.7 Å². The third kappa shape index (κ3) is 7.30. The van der Waals surface area contributed by atoms with Gasteiger partial charge >= 0.3 is 0 Å². The van der Waals surface area contributed by atoms with E-state index in [-0.39, 0.29) is 37.7 Å². The fourth-order valence-corrected chi connectivity index (χ4v) is 4.55. The number of nitrogens with zero attached hydrogens (tertiary/aromatic N) is 3. The Morgan fingerprint density at radius 2 is 1.71 bits per heavy atom. The lowest BCUT2D eigenvalue weighted by Gasteiger charge is -2.27. The molecule has 0 fully saturated rings. The third-order valence-corrected chi connectivity index (χ3v) is 7.42. The van der Waals surface area contributed by atoms with Gasteiger partial charge in [-0.3, -0.25) is 0 Å². The van der Waals surface area contributed by atoms with E-state index in [0.29, 0.717) is 20.9 Å². The zero-order chi connectivity index (χ0) is 25.6. The molecule has 0 bridgehead atoms. The van der Waals surface area contributed by atoms with Gasteiger partial charge in [0.1, 0.15) is 40.6 Å². The molecule has 0 aliphatic rings. The summed E-state index contributed by atoms with van der Waals surface area (Å²) in [5.74, 6) is 1.40. The van der Waals surface area contributed by atoms with Crippen LogP contribution in [0.4, 0.5) is 0 Å². The van der Waals surface area contributed by atoms with Crippen molar-refractivity contribution in [1.29, 1.82) is 0 Å². The first kappa shape index (κ1) is 28.1. The molecule has 11 heteroatoms. The van der Waals surface area contributed by atoms with Gasteiger partial charge in [0, 0.05) is 5.41 Å². The summed E-state index contributed by atoms with van der Waals surface area (Å²) in [6.07, 6.45) is -1.52. The van der Waals surface area contributed by atoms with Crippen LogP contribution < -0.4 is 9.47 Å². The Morgan fingerprint density at radius 1 is 1.06 bits per heavy atom. The van der Waals surface area contributed by atoms with Crippen molar-refractivity contribution in [1.82, 2.24) is 15.0 Å². The molecule has 1 heterocycles. The van der Waals surface area contributed by atoms with E-state index in [0.717, 1.165) is 15.6 Å². The number of hydrogen-bond acceptors (Lipinski definition) is 7. The lowest BCUT2D eigenvalue weighted by atomic mass is 9.78. The number of halogens is 3. The molecule has 1 aromatic heterocycles. The van der Waals surface area contributed by atoms with Crippen LogP contribution in [0, 0.1) is 3.70 Å². The number of ether oxygens (including phenoxy) is 2. The number of aromatic nitrogens is 3. The van der Waals surface area contributed by atoms with Crippen LogP contribution in [0.2, 0.25) is 0 Å². The molecule has 3 rings (SSSR count). The average molecular weight is 677 g/mol. The molecule has 0 aliphatic heterocycles. The van der Waals surface area contributed by atoms with Crippen LogP contribution >= 0.6 is 50.1 Å². The molecular formula is C24H28BrClIN3O5. The van der Waals surface area contributed by atoms with Gasteiger partial charge in [-0.1, -0.05) is 37.3 Å². The molecule has 0 radical (unpaired) electrons. The number of benzene rings is 2. The lowest BCUT2D eigenvalue weighted by molar-refractivity contribution is 0.0866. The van der Waals surface area contributed by atoms with E-state index in [1.165, 1.54) is 4.68 Å². The van der Waals surface area contributed by atoms with Gasteiger partial charge in [0.05, 0.1) is 29.2 Å². The molecular weight excluding hydrogens is 649 g/mol. The third-order valence-electron chi connectivity index (χ3n) is 5.60. The number of hydrogen-bond donors (Lipinski definition) is 3. The van der Waals surface area contributed by atoms with Gasteiger partial charge in [0.15, 0.2) is 0 Å². The number of alkyl halides is 1. The van der Waals surface area contributed by atoms with Gasteiger partial charge in [-0.25, -0.2) is 4.68 Å². The smallest absolute Gasteiger partial charge is 0.149 e. The van der Waals surface area contributed by atoms with Gasteiger partial charge in [-0.05, 0) is 73.9 Å². The van der Waals surface area contributed by atoms with Crippen molar-refractivity contribution in [3.63, 3.8) is 0 Å². The highest BCUT2D eigenvalue weighted by Gasteiger charge is 2.24. The quantitative estimate of drug-likeness (QED) is 0.197. The average Bonchev–Trinajstić information content (AvgIpc) is 3.20. The Kier molecular flexibility index (Phi) is 10.2. The Bertz CT molecular complexity index is 1110. The monoisotopic (exact) mass is 675 g/mol. The Hall–Kier alpha value is -1.44. The molecule has 8 nitrogen and oxygen atoms in total. The molecule has 3 aromatic rings. The van der Waals surface area contributed by atoms with Gasteiger partial charge in [-0.2, -0.15) is 0 Å². The molecule has 0 saturated carbocycles. The van der Waals surface area contributed by atoms with E-state index >= 15 is 0 Å². The van der Waals surface area contributed by atoms with Crippen molar-refractivity contribution in [3.05, 3.63) is 67.5 Å².